The van der Waals surface area contributed by atoms with Gasteiger partial charge in [-0.2, -0.15) is 0 Å². The summed E-state index contributed by atoms with van der Waals surface area (Å²) in [6, 6.07) is 3.29. The highest BCUT2D eigenvalue weighted by atomic mass is 35.5. The molecule has 128 valence electrons. The average Bonchev–Trinajstić information content (AvgIpc) is 2.48. The number of hydrogen-bond donors (Lipinski definition) is 1. The molecule has 1 N–H and O–H groups in total. The Morgan fingerprint density at radius 2 is 2.00 bits per heavy atom. The number of aliphatic hydroxyl groups is 1. The van der Waals surface area contributed by atoms with Gasteiger partial charge < -0.3 is 14.7 Å². The van der Waals surface area contributed by atoms with Crippen molar-refractivity contribution in [2.75, 3.05) is 39.3 Å². The molecular weight excluding hydrogens is 318 g/mol. The SMILES string of the molecule is CCOc1ccc(Cl)c(C(=O)N2CCN(CC(C)(C)O)CC2)n1. The summed E-state index contributed by atoms with van der Waals surface area (Å²) in [7, 11) is 0. The minimum absolute atomic E-state index is 0.181. The van der Waals surface area contributed by atoms with Crippen molar-refractivity contribution >= 4 is 17.5 Å². The molecule has 0 bridgehead atoms. The minimum Gasteiger partial charge on any atom is -0.478 e. The van der Waals surface area contributed by atoms with E-state index in [0.717, 1.165) is 13.1 Å². The molecule has 7 heteroatoms. The van der Waals surface area contributed by atoms with Crippen LogP contribution in [0.4, 0.5) is 0 Å². The molecule has 1 amide bonds. The molecule has 0 atom stereocenters. The van der Waals surface area contributed by atoms with Crippen LogP contribution in [0.1, 0.15) is 31.3 Å². The molecule has 0 saturated carbocycles. The van der Waals surface area contributed by atoms with Gasteiger partial charge in [-0.3, -0.25) is 9.69 Å². The first-order valence-electron chi connectivity index (χ1n) is 7.83. The lowest BCUT2D eigenvalue weighted by atomic mass is 10.1. The van der Waals surface area contributed by atoms with E-state index in [1.165, 1.54) is 0 Å². The first kappa shape index (κ1) is 18.0. The van der Waals surface area contributed by atoms with Crippen LogP contribution in [0.2, 0.25) is 5.02 Å². The summed E-state index contributed by atoms with van der Waals surface area (Å²) in [5, 5.41) is 10.2. The van der Waals surface area contributed by atoms with E-state index in [4.69, 9.17) is 16.3 Å². The molecule has 0 aliphatic carbocycles. The van der Waals surface area contributed by atoms with Crippen LogP contribution in [0, 0.1) is 0 Å². The molecule has 0 radical (unpaired) electrons. The molecule has 2 rings (SSSR count). The summed E-state index contributed by atoms with van der Waals surface area (Å²) in [5.74, 6) is 0.223. The van der Waals surface area contributed by atoms with Crippen LogP contribution in [0.3, 0.4) is 0 Å². The van der Waals surface area contributed by atoms with Crippen LogP contribution in [0.5, 0.6) is 5.88 Å². The zero-order valence-corrected chi connectivity index (χ0v) is 14.6. The van der Waals surface area contributed by atoms with E-state index in [1.54, 1.807) is 30.9 Å². The van der Waals surface area contributed by atoms with Crippen LogP contribution in [-0.2, 0) is 0 Å². The van der Waals surface area contributed by atoms with E-state index >= 15 is 0 Å². The number of halogens is 1. The largest absolute Gasteiger partial charge is 0.478 e. The summed E-state index contributed by atoms with van der Waals surface area (Å²) < 4.78 is 5.33. The number of carbonyl (C=O) groups is 1. The number of carbonyl (C=O) groups excluding carboxylic acids is 1. The van der Waals surface area contributed by atoms with Crippen molar-refractivity contribution in [2.24, 2.45) is 0 Å². The number of β-amino-alcohol motifs (C(OH)–C–C–N with tert-alkyl or cyclic N) is 1. The average molecular weight is 342 g/mol. The first-order valence-corrected chi connectivity index (χ1v) is 8.21. The van der Waals surface area contributed by atoms with E-state index in [0.29, 0.717) is 37.1 Å². The summed E-state index contributed by atoms with van der Waals surface area (Å²) in [5.41, 5.74) is -0.503. The summed E-state index contributed by atoms with van der Waals surface area (Å²) in [4.78, 5) is 20.7. The Balaban J connectivity index is 2.01. The van der Waals surface area contributed by atoms with Crippen LogP contribution in [0.25, 0.3) is 0 Å². The number of piperazine rings is 1. The second-order valence-corrected chi connectivity index (χ2v) is 6.70. The molecule has 1 aromatic rings. The lowest BCUT2D eigenvalue weighted by Gasteiger charge is -2.37. The fourth-order valence-corrected chi connectivity index (χ4v) is 2.79. The number of pyridine rings is 1. The molecule has 0 spiro atoms. The van der Waals surface area contributed by atoms with Gasteiger partial charge in [0.1, 0.15) is 0 Å². The van der Waals surface area contributed by atoms with Gasteiger partial charge in [0.25, 0.3) is 5.91 Å². The monoisotopic (exact) mass is 341 g/mol. The number of hydrogen-bond acceptors (Lipinski definition) is 5. The van der Waals surface area contributed by atoms with Gasteiger partial charge in [0.15, 0.2) is 5.69 Å². The van der Waals surface area contributed by atoms with Crippen molar-refractivity contribution in [1.29, 1.82) is 0 Å². The molecule has 2 heterocycles. The van der Waals surface area contributed by atoms with Gasteiger partial charge in [-0.15, -0.1) is 0 Å². The Hall–Kier alpha value is -1.37. The number of rotatable bonds is 5. The number of ether oxygens (including phenoxy) is 1. The predicted octanol–water partition coefficient (Wildman–Crippen LogP) is 1.66. The molecular formula is C16H24ClN3O3. The fraction of sp³-hybridized carbons (Fsp3) is 0.625. The highest BCUT2D eigenvalue weighted by Gasteiger charge is 2.27. The van der Waals surface area contributed by atoms with Gasteiger partial charge in [0, 0.05) is 38.8 Å². The Morgan fingerprint density at radius 3 is 2.57 bits per heavy atom. The van der Waals surface area contributed by atoms with E-state index in [9.17, 15) is 9.90 Å². The van der Waals surface area contributed by atoms with Crippen LogP contribution >= 0.6 is 11.6 Å². The second-order valence-electron chi connectivity index (χ2n) is 6.29. The maximum atomic E-state index is 12.6. The van der Waals surface area contributed by atoms with Gasteiger partial charge >= 0.3 is 0 Å². The van der Waals surface area contributed by atoms with Gasteiger partial charge in [-0.25, -0.2) is 4.98 Å². The Bertz CT molecular complexity index is 552. The first-order chi connectivity index (χ1) is 10.8. The Labute approximate surface area is 142 Å². The Kier molecular flexibility index (Phi) is 5.84. The quantitative estimate of drug-likeness (QED) is 0.882. The molecule has 1 saturated heterocycles. The molecule has 23 heavy (non-hydrogen) atoms. The van der Waals surface area contributed by atoms with Crippen molar-refractivity contribution in [3.8, 4) is 5.88 Å². The highest BCUT2D eigenvalue weighted by Crippen LogP contribution is 2.20. The van der Waals surface area contributed by atoms with Crippen LogP contribution in [0.15, 0.2) is 12.1 Å². The topological polar surface area (TPSA) is 65.9 Å². The molecule has 1 aliphatic heterocycles. The van der Waals surface area contributed by atoms with E-state index < -0.39 is 5.60 Å². The molecule has 0 unspecified atom stereocenters. The molecule has 0 aromatic carbocycles. The maximum Gasteiger partial charge on any atom is 0.274 e. The number of nitrogens with zero attached hydrogens (tertiary/aromatic N) is 3. The van der Waals surface area contributed by atoms with Crippen molar-refractivity contribution in [3.05, 3.63) is 22.8 Å². The zero-order valence-electron chi connectivity index (χ0n) is 13.9. The van der Waals surface area contributed by atoms with E-state index in [2.05, 4.69) is 9.88 Å². The summed E-state index contributed by atoms with van der Waals surface area (Å²) >= 11 is 6.12. The molecule has 6 nitrogen and oxygen atoms in total. The standard InChI is InChI=1S/C16H24ClN3O3/c1-4-23-13-6-5-12(17)14(18-13)15(21)20-9-7-19(8-10-20)11-16(2,3)22/h5-6,22H,4,7-11H2,1-3H3. The lowest BCUT2D eigenvalue weighted by molar-refractivity contribution is 0.0177. The predicted molar refractivity (Wildman–Crippen MR) is 89.1 cm³/mol. The summed E-state index contributed by atoms with van der Waals surface area (Å²) in [6.45, 7) is 9.13. The second kappa shape index (κ2) is 7.47. The van der Waals surface area contributed by atoms with Gasteiger partial charge in [-0.05, 0) is 26.8 Å². The third-order valence-electron chi connectivity index (χ3n) is 3.59. The van der Waals surface area contributed by atoms with E-state index in [1.807, 2.05) is 6.92 Å². The van der Waals surface area contributed by atoms with Crippen molar-refractivity contribution in [1.82, 2.24) is 14.8 Å². The van der Waals surface area contributed by atoms with Crippen molar-refractivity contribution in [2.45, 2.75) is 26.4 Å². The fourth-order valence-electron chi connectivity index (χ4n) is 2.61. The van der Waals surface area contributed by atoms with Gasteiger partial charge in [-0.1, -0.05) is 11.6 Å². The smallest absolute Gasteiger partial charge is 0.274 e. The lowest BCUT2D eigenvalue weighted by Crippen LogP contribution is -2.52. The van der Waals surface area contributed by atoms with Crippen LogP contribution in [-0.4, -0.2) is 70.7 Å². The third-order valence-corrected chi connectivity index (χ3v) is 3.89. The zero-order chi connectivity index (χ0) is 17.0. The van der Waals surface area contributed by atoms with Crippen LogP contribution < -0.4 is 4.74 Å². The maximum absolute atomic E-state index is 12.6. The van der Waals surface area contributed by atoms with Gasteiger partial charge in [0.05, 0.1) is 17.2 Å². The summed E-state index contributed by atoms with van der Waals surface area (Å²) in [6.07, 6.45) is 0. The number of aromatic nitrogens is 1. The van der Waals surface area contributed by atoms with Gasteiger partial charge in [0.2, 0.25) is 5.88 Å². The number of amides is 1. The van der Waals surface area contributed by atoms with Crippen molar-refractivity contribution < 1.29 is 14.6 Å². The minimum atomic E-state index is -0.733. The normalized spacial score (nSPS) is 16.5. The Morgan fingerprint density at radius 1 is 1.35 bits per heavy atom. The molecule has 1 aromatic heterocycles. The third kappa shape index (κ3) is 5.06. The van der Waals surface area contributed by atoms with Crippen molar-refractivity contribution in [3.63, 3.8) is 0 Å². The molecule has 1 fully saturated rings. The van der Waals surface area contributed by atoms with E-state index in [-0.39, 0.29) is 11.6 Å². The molecule has 1 aliphatic rings. The highest BCUT2D eigenvalue weighted by molar-refractivity contribution is 6.33.